The van der Waals surface area contributed by atoms with E-state index in [1.54, 1.807) is 58.0 Å². The fourth-order valence-corrected chi connectivity index (χ4v) is 3.60. The zero-order valence-electron chi connectivity index (χ0n) is 20.4. The minimum atomic E-state index is -1.00. The van der Waals surface area contributed by atoms with Crippen molar-refractivity contribution in [3.05, 3.63) is 64.2 Å². The van der Waals surface area contributed by atoms with E-state index in [4.69, 9.17) is 21.1 Å². The zero-order valence-corrected chi connectivity index (χ0v) is 21.1. The molecule has 0 aliphatic rings. The number of carbonyl (C=O) groups excluding carboxylic acids is 3. The smallest absolute Gasteiger partial charge is 0.431 e. The van der Waals surface area contributed by atoms with E-state index in [2.05, 4.69) is 0 Å². The van der Waals surface area contributed by atoms with Gasteiger partial charge in [0.15, 0.2) is 5.56 Å². The van der Waals surface area contributed by atoms with Crippen molar-refractivity contribution in [2.24, 2.45) is 0 Å². The number of nitrogens with zero attached hydrogens (tertiary/aromatic N) is 2. The van der Waals surface area contributed by atoms with E-state index in [-0.39, 0.29) is 11.1 Å². The molecule has 0 fully saturated rings. The summed E-state index contributed by atoms with van der Waals surface area (Å²) in [4.78, 5) is 40.8. The van der Waals surface area contributed by atoms with E-state index in [1.807, 2.05) is 19.9 Å². The Morgan fingerprint density at radius 3 is 2.03 bits per heavy atom. The molecular weight excluding hydrogens is 444 g/mol. The molecule has 2 aromatic rings. The summed E-state index contributed by atoms with van der Waals surface area (Å²) in [5, 5.41) is 1.84. The third-order valence-corrected chi connectivity index (χ3v) is 4.95. The highest BCUT2D eigenvalue weighted by Crippen LogP contribution is 2.28. The third-order valence-electron chi connectivity index (χ3n) is 4.86. The van der Waals surface area contributed by atoms with Gasteiger partial charge in [-0.2, -0.15) is 5.01 Å². The Labute approximate surface area is 200 Å². The normalized spacial score (nSPS) is 12.0. The quantitative estimate of drug-likeness (QED) is 0.325. The van der Waals surface area contributed by atoms with Gasteiger partial charge in [0.1, 0.15) is 5.75 Å². The van der Waals surface area contributed by atoms with Crippen molar-refractivity contribution in [3.63, 3.8) is 0 Å². The van der Waals surface area contributed by atoms with E-state index in [0.29, 0.717) is 11.3 Å². The molecule has 0 spiro atoms. The molecule has 2 rings (SSSR count). The molecule has 1 atom stereocenters. The Balaban J connectivity index is 2.75. The molecule has 0 aliphatic carbocycles. The lowest BCUT2D eigenvalue weighted by atomic mass is 10.0. The fourth-order valence-electron chi connectivity index (χ4n) is 3.52. The first-order chi connectivity index (χ1) is 15.3. The summed E-state index contributed by atoms with van der Waals surface area (Å²) in [7, 11) is 1.50. The van der Waals surface area contributed by atoms with E-state index >= 15 is 0 Å². The molecule has 0 heterocycles. The number of alkyl halides is 1. The highest BCUT2D eigenvalue weighted by molar-refractivity contribution is 6.20. The predicted octanol–water partition coefficient (Wildman–Crippen LogP) is 5.64. The van der Waals surface area contributed by atoms with Crippen LogP contribution in [-0.4, -0.2) is 46.1 Å². The lowest BCUT2D eigenvalue weighted by Crippen LogP contribution is -2.60. The monoisotopic (exact) mass is 474 g/mol. The Morgan fingerprint density at radius 2 is 1.55 bits per heavy atom. The van der Waals surface area contributed by atoms with E-state index in [9.17, 15) is 14.4 Å². The SMILES string of the molecule is COc1cccc(C(=O)N(C(=O)c2cc(C)cc(C)c2)N(C(=O)OC(C)Cl)C(C)(C)C)c1C. The van der Waals surface area contributed by atoms with Crippen molar-refractivity contribution in [2.75, 3.05) is 7.11 Å². The molecule has 0 aromatic heterocycles. The summed E-state index contributed by atoms with van der Waals surface area (Å²) >= 11 is 5.90. The highest BCUT2D eigenvalue weighted by atomic mass is 35.5. The molecule has 2 aromatic carbocycles. The molecule has 0 bridgehead atoms. The molecule has 0 saturated heterocycles. The van der Waals surface area contributed by atoms with Gasteiger partial charge in [0.05, 0.1) is 12.6 Å². The van der Waals surface area contributed by atoms with Crippen molar-refractivity contribution in [1.82, 2.24) is 10.0 Å². The fraction of sp³-hybridized carbons (Fsp3) is 0.400. The maximum Gasteiger partial charge on any atom is 0.431 e. The number of amides is 3. The maximum absolute atomic E-state index is 13.9. The van der Waals surface area contributed by atoms with E-state index < -0.39 is 29.0 Å². The van der Waals surface area contributed by atoms with Crippen molar-refractivity contribution in [1.29, 1.82) is 0 Å². The molecule has 0 aliphatic heterocycles. The van der Waals surface area contributed by atoms with Gasteiger partial charge in [-0.15, -0.1) is 0 Å². The number of hydrazine groups is 1. The molecule has 178 valence electrons. The van der Waals surface area contributed by atoms with Crippen molar-refractivity contribution < 1.29 is 23.9 Å². The first-order valence-corrected chi connectivity index (χ1v) is 11.0. The molecule has 33 heavy (non-hydrogen) atoms. The molecular formula is C25H31ClN2O5. The van der Waals surface area contributed by atoms with Crippen LogP contribution >= 0.6 is 11.6 Å². The van der Waals surface area contributed by atoms with Crippen LogP contribution in [0, 0.1) is 20.8 Å². The number of aryl methyl sites for hydroxylation is 2. The van der Waals surface area contributed by atoms with E-state index in [1.165, 1.54) is 14.0 Å². The standard InChI is InChI=1S/C25H31ClN2O5/c1-15-12-16(2)14-19(13-15)22(29)27(28(25(5,6)7)24(31)33-18(4)26)23(30)20-10-9-11-21(32-8)17(20)3/h9-14,18H,1-8H3. The number of rotatable bonds is 4. The van der Waals surface area contributed by atoms with Crippen LogP contribution in [0.4, 0.5) is 4.79 Å². The van der Waals surface area contributed by atoms with Gasteiger partial charge in [-0.3, -0.25) is 9.59 Å². The number of halogens is 1. The first-order valence-electron chi connectivity index (χ1n) is 10.5. The Bertz CT molecular complexity index is 1040. The van der Waals surface area contributed by atoms with Crippen LogP contribution in [0.1, 0.15) is 65.1 Å². The Kier molecular flexibility index (Phi) is 8.14. The van der Waals surface area contributed by atoms with Crippen LogP contribution in [-0.2, 0) is 4.74 Å². The summed E-state index contributed by atoms with van der Waals surface area (Å²) in [5.74, 6) is -0.869. The Morgan fingerprint density at radius 1 is 0.970 bits per heavy atom. The first kappa shape index (κ1) is 26.2. The topological polar surface area (TPSA) is 76.2 Å². The number of hydrogen-bond donors (Lipinski definition) is 0. The number of imide groups is 1. The van der Waals surface area contributed by atoms with Crippen LogP contribution in [0.15, 0.2) is 36.4 Å². The van der Waals surface area contributed by atoms with Gasteiger partial charge >= 0.3 is 6.09 Å². The van der Waals surface area contributed by atoms with Gasteiger partial charge < -0.3 is 9.47 Å². The second-order valence-corrected chi connectivity index (χ2v) is 9.46. The van der Waals surface area contributed by atoms with Gasteiger partial charge in [0.25, 0.3) is 11.8 Å². The molecule has 1 unspecified atom stereocenters. The molecule has 7 nitrogen and oxygen atoms in total. The van der Waals surface area contributed by atoms with Crippen LogP contribution < -0.4 is 4.74 Å². The lowest BCUT2D eigenvalue weighted by Gasteiger charge is -2.41. The number of methoxy groups -OCH3 is 1. The zero-order chi connectivity index (χ0) is 25.1. The van der Waals surface area contributed by atoms with E-state index in [0.717, 1.165) is 21.1 Å². The van der Waals surface area contributed by atoms with Gasteiger partial charge in [-0.25, -0.2) is 9.80 Å². The average molecular weight is 475 g/mol. The van der Waals surface area contributed by atoms with Crippen molar-refractivity contribution in [3.8, 4) is 5.75 Å². The summed E-state index contributed by atoms with van der Waals surface area (Å²) in [6.45, 7) is 12.0. The lowest BCUT2D eigenvalue weighted by molar-refractivity contribution is -0.0440. The molecule has 0 radical (unpaired) electrons. The molecule has 8 heteroatoms. The Hall–Kier alpha value is -3.06. The summed E-state index contributed by atoms with van der Waals surface area (Å²) in [5.41, 5.74) is 0.755. The van der Waals surface area contributed by atoms with Gasteiger partial charge in [0.2, 0.25) is 0 Å². The molecule has 3 amide bonds. The minimum absolute atomic E-state index is 0.216. The van der Waals surface area contributed by atoms with Crippen LogP contribution in [0.2, 0.25) is 0 Å². The molecule has 0 N–H and O–H groups in total. The summed E-state index contributed by atoms with van der Waals surface area (Å²) in [6.07, 6.45) is -0.920. The number of carbonyl (C=O) groups is 3. The predicted molar refractivity (Wildman–Crippen MR) is 128 cm³/mol. The number of benzene rings is 2. The summed E-state index contributed by atoms with van der Waals surface area (Å²) in [6, 6.07) is 10.2. The van der Waals surface area contributed by atoms with Crippen LogP contribution in [0.25, 0.3) is 0 Å². The largest absolute Gasteiger partial charge is 0.496 e. The third kappa shape index (κ3) is 6.05. The second-order valence-electron chi connectivity index (χ2n) is 8.84. The second kappa shape index (κ2) is 10.3. The maximum atomic E-state index is 13.9. The molecule has 0 saturated carbocycles. The van der Waals surface area contributed by atoms with Gasteiger partial charge in [-0.05, 0) is 72.7 Å². The minimum Gasteiger partial charge on any atom is -0.496 e. The average Bonchev–Trinajstić information content (AvgIpc) is 2.68. The van der Waals surface area contributed by atoms with Crippen molar-refractivity contribution in [2.45, 2.75) is 59.6 Å². The number of hydrogen-bond acceptors (Lipinski definition) is 5. The van der Waals surface area contributed by atoms with Gasteiger partial charge in [0, 0.05) is 16.7 Å². The number of ether oxygens (including phenoxy) is 2. The highest BCUT2D eigenvalue weighted by Gasteiger charge is 2.42. The van der Waals surface area contributed by atoms with Crippen LogP contribution in [0.3, 0.4) is 0 Å². The van der Waals surface area contributed by atoms with Crippen molar-refractivity contribution >= 4 is 29.5 Å². The van der Waals surface area contributed by atoms with Crippen LogP contribution in [0.5, 0.6) is 5.75 Å². The van der Waals surface area contributed by atoms with Gasteiger partial charge in [-0.1, -0.05) is 34.9 Å². The summed E-state index contributed by atoms with van der Waals surface area (Å²) < 4.78 is 10.5.